The molecule has 0 bridgehead atoms. The van der Waals surface area contributed by atoms with E-state index in [4.69, 9.17) is 9.47 Å². The van der Waals surface area contributed by atoms with Gasteiger partial charge in [0, 0.05) is 0 Å². The number of hydrogen-bond donors (Lipinski definition) is 0. The third-order valence-electron chi connectivity index (χ3n) is 3.89. The van der Waals surface area contributed by atoms with Crippen LogP contribution in [-0.2, 0) is 0 Å². The maximum Gasteiger partial charge on any atom is 0.153 e. The lowest BCUT2D eigenvalue weighted by Gasteiger charge is -2.10. The van der Waals surface area contributed by atoms with Crippen LogP contribution in [-0.4, -0.2) is 25.8 Å². The normalized spacial score (nSPS) is 10.3. The van der Waals surface area contributed by atoms with Gasteiger partial charge in [-0.2, -0.15) is 0 Å². The lowest BCUT2D eigenvalue weighted by Crippen LogP contribution is -2.03. The van der Waals surface area contributed by atoms with E-state index < -0.39 is 0 Å². The van der Waals surface area contributed by atoms with E-state index in [0.717, 1.165) is 43.0 Å². The maximum absolute atomic E-state index is 11.0. The number of hydrogen-bond acceptors (Lipinski definition) is 4. The number of unbranched alkanes of at least 4 members (excludes halogenated alkanes) is 2. The Hall–Kier alpha value is -2.62. The summed E-state index contributed by atoms with van der Waals surface area (Å²) in [6.45, 7) is 5.02. The summed E-state index contributed by atoms with van der Waals surface area (Å²) in [6, 6.07) is 11.2. The Bertz CT molecular complexity index is 660. The fourth-order valence-electron chi connectivity index (χ4n) is 2.53. The molecule has 0 aliphatic carbocycles. The second kappa shape index (κ2) is 9.62. The van der Waals surface area contributed by atoms with Crippen molar-refractivity contribution < 1.29 is 19.1 Å². The van der Waals surface area contributed by atoms with Crippen molar-refractivity contribution in [1.29, 1.82) is 0 Å². The molecule has 0 heterocycles. The molecule has 132 valence electrons. The van der Waals surface area contributed by atoms with Gasteiger partial charge >= 0.3 is 0 Å². The van der Waals surface area contributed by atoms with Crippen molar-refractivity contribution in [3.8, 4) is 11.5 Å². The zero-order valence-corrected chi connectivity index (χ0v) is 14.8. The van der Waals surface area contributed by atoms with E-state index in [0.29, 0.717) is 35.8 Å². The quantitative estimate of drug-likeness (QED) is 0.470. The zero-order valence-electron chi connectivity index (χ0n) is 14.8. The summed E-state index contributed by atoms with van der Waals surface area (Å²) in [5, 5.41) is 0. The number of aryl methyl sites for hydroxylation is 2. The van der Waals surface area contributed by atoms with Crippen molar-refractivity contribution >= 4 is 12.6 Å². The van der Waals surface area contributed by atoms with Crippen LogP contribution in [0, 0.1) is 13.8 Å². The summed E-state index contributed by atoms with van der Waals surface area (Å²) in [5.74, 6) is 1.26. The second-order valence-corrected chi connectivity index (χ2v) is 6.08. The van der Waals surface area contributed by atoms with Crippen molar-refractivity contribution in [2.45, 2.75) is 33.1 Å². The van der Waals surface area contributed by atoms with Crippen LogP contribution in [0.4, 0.5) is 0 Å². The van der Waals surface area contributed by atoms with E-state index >= 15 is 0 Å². The SMILES string of the molecule is Cc1ccc(OCCCCCOc2ccc(C)cc2C=O)c(C=O)c1. The molecule has 0 radical (unpaired) electrons. The first-order valence-corrected chi connectivity index (χ1v) is 8.51. The van der Waals surface area contributed by atoms with Gasteiger partial charge in [0.05, 0.1) is 24.3 Å². The Morgan fingerprint density at radius 2 is 1.16 bits per heavy atom. The van der Waals surface area contributed by atoms with Crippen molar-refractivity contribution in [2.24, 2.45) is 0 Å². The largest absolute Gasteiger partial charge is 0.493 e. The molecule has 0 saturated heterocycles. The summed E-state index contributed by atoms with van der Waals surface area (Å²) in [7, 11) is 0. The van der Waals surface area contributed by atoms with E-state index in [9.17, 15) is 9.59 Å². The summed E-state index contributed by atoms with van der Waals surface area (Å²) >= 11 is 0. The minimum atomic E-state index is 0.564. The Balaban J connectivity index is 1.67. The van der Waals surface area contributed by atoms with Gasteiger partial charge in [0.2, 0.25) is 0 Å². The van der Waals surface area contributed by atoms with Crippen LogP contribution in [0.1, 0.15) is 51.1 Å². The molecular weight excluding hydrogens is 316 g/mol. The van der Waals surface area contributed by atoms with Crippen LogP contribution in [0.25, 0.3) is 0 Å². The highest BCUT2D eigenvalue weighted by molar-refractivity contribution is 5.80. The molecule has 2 rings (SSSR count). The summed E-state index contributed by atoms with van der Waals surface area (Å²) in [5.41, 5.74) is 3.25. The van der Waals surface area contributed by atoms with Gasteiger partial charge in [0.25, 0.3) is 0 Å². The van der Waals surface area contributed by atoms with Gasteiger partial charge in [0.1, 0.15) is 11.5 Å². The average molecular weight is 340 g/mol. The lowest BCUT2D eigenvalue weighted by atomic mass is 10.1. The van der Waals surface area contributed by atoms with Gasteiger partial charge in [-0.05, 0) is 57.4 Å². The molecule has 25 heavy (non-hydrogen) atoms. The molecule has 4 heteroatoms. The highest BCUT2D eigenvalue weighted by Gasteiger charge is 2.04. The van der Waals surface area contributed by atoms with Gasteiger partial charge in [0.15, 0.2) is 12.6 Å². The lowest BCUT2D eigenvalue weighted by molar-refractivity contribution is 0.111. The van der Waals surface area contributed by atoms with E-state index in [-0.39, 0.29) is 0 Å². The Morgan fingerprint density at radius 1 is 0.720 bits per heavy atom. The first-order chi connectivity index (χ1) is 12.1. The van der Waals surface area contributed by atoms with E-state index in [1.807, 2.05) is 50.2 Å². The standard InChI is InChI=1S/C21H24O4/c1-16-6-8-20(18(12-16)14-22)24-10-4-3-5-11-25-21-9-7-17(2)13-19(21)15-23/h6-9,12-15H,3-5,10-11H2,1-2H3. The van der Waals surface area contributed by atoms with Gasteiger partial charge < -0.3 is 9.47 Å². The molecule has 4 nitrogen and oxygen atoms in total. The number of ether oxygens (including phenoxy) is 2. The second-order valence-electron chi connectivity index (χ2n) is 6.08. The number of aldehydes is 2. The molecule has 0 unspecified atom stereocenters. The van der Waals surface area contributed by atoms with Gasteiger partial charge in [-0.25, -0.2) is 0 Å². The first kappa shape index (κ1) is 18.7. The van der Waals surface area contributed by atoms with Crippen LogP contribution >= 0.6 is 0 Å². The Labute approximate surface area is 148 Å². The van der Waals surface area contributed by atoms with Crippen molar-refractivity contribution in [2.75, 3.05) is 13.2 Å². The molecule has 0 saturated carbocycles. The number of benzene rings is 2. The highest BCUT2D eigenvalue weighted by atomic mass is 16.5. The summed E-state index contributed by atoms with van der Waals surface area (Å²) in [4.78, 5) is 22.1. The molecular formula is C21H24O4. The van der Waals surface area contributed by atoms with Crippen molar-refractivity contribution in [3.63, 3.8) is 0 Å². The van der Waals surface area contributed by atoms with E-state index in [2.05, 4.69) is 0 Å². The third-order valence-corrected chi connectivity index (χ3v) is 3.89. The molecule has 0 fully saturated rings. The van der Waals surface area contributed by atoms with E-state index in [1.54, 1.807) is 0 Å². The predicted octanol–water partition coefficient (Wildman–Crippen LogP) is 4.56. The summed E-state index contributed by atoms with van der Waals surface area (Å²) in [6.07, 6.45) is 4.35. The maximum atomic E-state index is 11.0. The molecule has 0 spiro atoms. The van der Waals surface area contributed by atoms with Crippen LogP contribution in [0.2, 0.25) is 0 Å². The van der Waals surface area contributed by atoms with Crippen molar-refractivity contribution in [3.05, 3.63) is 58.7 Å². The number of carbonyl (C=O) groups excluding carboxylic acids is 2. The molecule has 2 aromatic carbocycles. The minimum Gasteiger partial charge on any atom is -0.493 e. The molecule has 0 aliphatic rings. The smallest absolute Gasteiger partial charge is 0.153 e. The Morgan fingerprint density at radius 3 is 1.56 bits per heavy atom. The monoisotopic (exact) mass is 340 g/mol. The van der Waals surface area contributed by atoms with Crippen molar-refractivity contribution in [1.82, 2.24) is 0 Å². The highest BCUT2D eigenvalue weighted by Crippen LogP contribution is 2.20. The topological polar surface area (TPSA) is 52.6 Å². The Kier molecular flexibility index (Phi) is 7.20. The van der Waals surface area contributed by atoms with Gasteiger partial charge in [-0.1, -0.05) is 23.3 Å². The molecule has 0 atom stereocenters. The summed E-state index contributed by atoms with van der Waals surface area (Å²) < 4.78 is 11.4. The van der Waals surface area contributed by atoms with Crippen LogP contribution in [0.3, 0.4) is 0 Å². The first-order valence-electron chi connectivity index (χ1n) is 8.51. The molecule has 0 amide bonds. The average Bonchev–Trinajstić information content (AvgIpc) is 2.62. The van der Waals surface area contributed by atoms with Gasteiger partial charge in [-0.15, -0.1) is 0 Å². The molecule has 0 aliphatic heterocycles. The number of carbonyl (C=O) groups is 2. The minimum absolute atomic E-state index is 0.564. The fraction of sp³-hybridized carbons (Fsp3) is 0.333. The van der Waals surface area contributed by atoms with Crippen LogP contribution in [0.5, 0.6) is 11.5 Å². The molecule has 0 N–H and O–H groups in total. The van der Waals surface area contributed by atoms with E-state index in [1.165, 1.54) is 0 Å². The number of rotatable bonds is 10. The fourth-order valence-corrected chi connectivity index (χ4v) is 2.53. The zero-order chi connectivity index (χ0) is 18.1. The van der Waals surface area contributed by atoms with Crippen LogP contribution in [0.15, 0.2) is 36.4 Å². The molecule has 2 aromatic rings. The third kappa shape index (κ3) is 5.75. The predicted molar refractivity (Wildman–Crippen MR) is 98.0 cm³/mol. The molecule has 0 aromatic heterocycles. The van der Waals surface area contributed by atoms with Gasteiger partial charge in [-0.3, -0.25) is 9.59 Å². The van der Waals surface area contributed by atoms with Crippen LogP contribution < -0.4 is 9.47 Å².